The molecule has 0 aliphatic rings. The number of hydrazine groups is 1. The number of H-pyrrole nitrogens is 1. The molecular formula is C39H60FN5. The number of aryl methyl sites for hydroxylation is 2. The van der Waals surface area contributed by atoms with E-state index in [-0.39, 0.29) is 11.5 Å². The zero-order valence-corrected chi connectivity index (χ0v) is 29.1. The highest BCUT2D eigenvalue weighted by Crippen LogP contribution is 2.37. The number of nitrogens with two attached hydrogens (primary N) is 1. The summed E-state index contributed by atoms with van der Waals surface area (Å²) in [5.74, 6) is 0. The minimum absolute atomic E-state index is 0.101. The molecule has 1 heterocycles. The number of benzene rings is 1. The predicted molar refractivity (Wildman–Crippen MR) is 195 cm³/mol. The van der Waals surface area contributed by atoms with Crippen molar-refractivity contribution >= 4 is 17.2 Å². The average Bonchev–Trinajstić information content (AvgIpc) is 3.29. The fourth-order valence-corrected chi connectivity index (χ4v) is 6.23. The third-order valence-corrected chi connectivity index (χ3v) is 8.32. The molecule has 0 aliphatic carbocycles. The third kappa shape index (κ3) is 11.5. The van der Waals surface area contributed by atoms with Gasteiger partial charge >= 0.3 is 0 Å². The van der Waals surface area contributed by atoms with Crippen LogP contribution in [0.15, 0.2) is 61.5 Å². The first kappa shape index (κ1) is 37.8. The molecule has 1 aromatic heterocycles. The zero-order chi connectivity index (χ0) is 33.4. The van der Waals surface area contributed by atoms with Crippen molar-refractivity contribution < 1.29 is 4.39 Å². The second-order valence-corrected chi connectivity index (χ2v) is 12.9. The third-order valence-electron chi connectivity index (χ3n) is 8.32. The standard InChI is InChI=1S/C39H60FN5/c1-10-18-34(37(42-9)28(5)41)38-36(26-39(7,8)20-11-2)35(29(6)45-38)25-32(12-3)33-23-30(22-31(24-33)27-40)19-16-14-15-17-21-44-43-13-4/h10,12-13,18,22-25,28,42-45H,3-4,11,14-17,19-21,26-27,41H2,1-2,5-9H3/b18-10-,32-25+,37-34+. The van der Waals surface area contributed by atoms with E-state index < -0.39 is 6.67 Å². The molecule has 45 heavy (non-hydrogen) atoms. The van der Waals surface area contributed by atoms with Gasteiger partial charge in [-0.05, 0) is 104 Å². The fraction of sp³-hybridized carbons (Fsp3) is 0.487. The normalized spacial score (nSPS) is 13.6. The Morgan fingerprint density at radius 1 is 1.11 bits per heavy atom. The molecule has 0 radical (unpaired) electrons. The molecule has 1 aromatic carbocycles. The van der Waals surface area contributed by atoms with Gasteiger partial charge in [0.15, 0.2) is 0 Å². The molecule has 0 aliphatic heterocycles. The van der Waals surface area contributed by atoms with E-state index in [1.165, 1.54) is 11.1 Å². The van der Waals surface area contributed by atoms with Crippen molar-refractivity contribution in [3.05, 3.63) is 101 Å². The highest BCUT2D eigenvalue weighted by Gasteiger charge is 2.26. The van der Waals surface area contributed by atoms with Gasteiger partial charge in [0.05, 0.1) is 5.69 Å². The lowest BCUT2D eigenvalue weighted by Crippen LogP contribution is -2.28. The molecule has 0 bridgehead atoms. The molecule has 0 saturated heterocycles. The van der Waals surface area contributed by atoms with Crippen molar-refractivity contribution in [3.63, 3.8) is 0 Å². The van der Waals surface area contributed by atoms with E-state index in [2.05, 4.69) is 86.3 Å². The zero-order valence-electron chi connectivity index (χ0n) is 29.1. The Balaban J connectivity index is 2.59. The molecule has 2 aromatic rings. The van der Waals surface area contributed by atoms with Crippen LogP contribution in [0.5, 0.6) is 0 Å². The summed E-state index contributed by atoms with van der Waals surface area (Å²) in [5, 5.41) is 3.37. The Hall–Kier alpha value is -3.35. The van der Waals surface area contributed by atoms with Crippen LogP contribution in [0, 0.1) is 12.3 Å². The van der Waals surface area contributed by atoms with E-state index in [4.69, 9.17) is 5.73 Å². The maximum atomic E-state index is 14.1. The predicted octanol–water partition coefficient (Wildman–Crippen LogP) is 9.08. The van der Waals surface area contributed by atoms with E-state index in [1.54, 1.807) is 6.20 Å². The van der Waals surface area contributed by atoms with Gasteiger partial charge in [-0.1, -0.05) is 83.6 Å². The highest BCUT2D eigenvalue weighted by molar-refractivity contribution is 5.90. The number of aromatic nitrogens is 1. The molecular weight excluding hydrogens is 557 g/mol. The van der Waals surface area contributed by atoms with Gasteiger partial charge in [-0.25, -0.2) is 9.82 Å². The second-order valence-electron chi connectivity index (χ2n) is 12.9. The molecule has 0 fully saturated rings. The summed E-state index contributed by atoms with van der Waals surface area (Å²) < 4.78 is 14.1. The first-order valence-electron chi connectivity index (χ1n) is 16.7. The quantitative estimate of drug-likeness (QED) is 0.0550. The van der Waals surface area contributed by atoms with E-state index in [0.717, 1.165) is 97.3 Å². The van der Waals surface area contributed by atoms with Crippen LogP contribution in [0.25, 0.3) is 17.2 Å². The first-order chi connectivity index (χ1) is 21.5. The summed E-state index contributed by atoms with van der Waals surface area (Å²) in [4.78, 5) is 3.75. The Morgan fingerprint density at radius 3 is 2.42 bits per heavy atom. The van der Waals surface area contributed by atoms with Gasteiger partial charge in [0.2, 0.25) is 0 Å². The van der Waals surface area contributed by atoms with Gasteiger partial charge < -0.3 is 21.5 Å². The van der Waals surface area contributed by atoms with Crippen LogP contribution in [-0.2, 0) is 19.5 Å². The Morgan fingerprint density at radius 2 is 1.82 bits per heavy atom. The monoisotopic (exact) mass is 617 g/mol. The number of halogens is 1. The minimum Gasteiger partial charge on any atom is -0.390 e. The molecule has 2 rings (SSSR count). The topological polar surface area (TPSA) is 77.9 Å². The summed E-state index contributed by atoms with van der Waals surface area (Å²) in [5.41, 5.74) is 23.2. The number of hydrogen-bond donors (Lipinski definition) is 5. The molecule has 0 amide bonds. The van der Waals surface area contributed by atoms with Crippen molar-refractivity contribution in [1.29, 1.82) is 0 Å². The fourth-order valence-electron chi connectivity index (χ4n) is 6.23. The lowest BCUT2D eigenvalue weighted by Gasteiger charge is -2.26. The van der Waals surface area contributed by atoms with Gasteiger partial charge in [0, 0.05) is 42.8 Å². The molecule has 6 N–H and O–H groups in total. The van der Waals surface area contributed by atoms with Crippen LogP contribution in [0.1, 0.15) is 112 Å². The summed E-state index contributed by atoms with van der Waals surface area (Å²) in [6.07, 6.45) is 18.5. The number of aromatic amines is 1. The molecule has 0 spiro atoms. The number of likely N-dealkylation sites (N-methyl/N-ethyl adjacent to an activating group) is 1. The Labute approximate surface area is 273 Å². The molecule has 5 nitrogen and oxygen atoms in total. The number of rotatable bonds is 21. The van der Waals surface area contributed by atoms with Crippen LogP contribution in [0.2, 0.25) is 0 Å². The number of nitrogens with one attached hydrogen (secondary N) is 4. The van der Waals surface area contributed by atoms with Crippen LogP contribution in [-0.4, -0.2) is 24.6 Å². The summed E-state index contributed by atoms with van der Waals surface area (Å²) in [6, 6.07) is 6.04. The van der Waals surface area contributed by atoms with Gasteiger partial charge in [-0.3, -0.25) is 0 Å². The second kappa shape index (κ2) is 19.2. The van der Waals surface area contributed by atoms with Crippen molar-refractivity contribution in [2.75, 3.05) is 13.6 Å². The largest absolute Gasteiger partial charge is 0.390 e. The first-order valence-corrected chi connectivity index (χ1v) is 16.7. The van der Waals surface area contributed by atoms with Crippen molar-refractivity contribution in [2.45, 2.75) is 106 Å². The van der Waals surface area contributed by atoms with Crippen molar-refractivity contribution in [3.8, 4) is 0 Å². The van der Waals surface area contributed by atoms with Crippen LogP contribution in [0.3, 0.4) is 0 Å². The van der Waals surface area contributed by atoms with Gasteiger partial charge in [-0.2, -0.15) is 0 Å². The van der Waals surface area contributed by atoms with Crippen molar-refractivity contribution in [2.24, 2.45) is 11.1 Å². The molecule has 0 saturated carbocycles. The molecule has 6 heteroatoms. The van der Waals surface area contributed by atoms with Gasteiger partial charge in [0.1, 0.15) is 6.67 Å². The minimum atomic E-state index is -0.488. The smallest absolute Gasteiger partial charge is 0.115 e. The van der Waals surface area contributed by atoms with E-state index in [1.807, 2.05) is 39.1 Å². The van der Waals surface area contributed by atoms with Gasteiger partial charge in [0.25, 0.3) is 0 Å². The lowest BCUT2D eigenvalue weighted by molar-refractivity contribution is 0.328. The van der Waals surface area contributed by atoms with Gasteiger partial charge in [-0.15, -0.1) is 0 Å². The van der Waals surface area contributed by atoms with Crippen LogP contribution < -0.4 is 21.9 Å². The average molecular weight is 618 g/mol. The van der Waals surface area contributed by atoms with Crippen LogP contribution in [0.4, 0.5) is 4.39 Å². The SMILES string of the molecule is C=CNNCCCCCCc1cc(CF)cc(/C(C=C)=C/c2c(C)[nH]c(C(/C=C\C)=C(/NC)C(C)N)c2CC(C)(C)CCC)c1. The number of hydrogen-bond acceptors (Lipinski definition) is 4. The number of alkyl halides is 1. The summed E-state index contributed by atoms with van der Waals surface area (Å²) in [7, 11) is 1.93. The van der Waals surface area contributed by atoms with E-state index in [0.29, 0.717) is 5.56 Å². The van der Waals surface area contributed by atoms with E-state index >= 15 is 0 Å². The molecule has 1 unspecified atom stereocenters. The van der Waals surface area contributed by atoms with Crippen molar-refractivity contribution in [1.82, 2.24) is 21.2 Å². The number of allylic oxidation sites excluding steroid dienone is 5. The maximum absolute atomic E-state index is 14.1. The Bertz CT molecular complexity index is 1330. The summed E-state index contributed by atoms with van der Waals surface area (Å²) >= 11 is 0. The molecule has 1 atom stereocenters. The number of unbranched alkanes of at least 4 members (excludes halogenated alkanes) is 3. The summed E-state index contributed by atoms with van der Waals surface area (Å²) in [6.45, 7) is 21.4. The van der Waals surface area contributed by atoms with Crippen LogP contribution >= 0.6 is 0 Å². The molecule has 248 valence electrons. The highest BCUT2D eigenvalue weighted by atomic mass is 19.1. The lowest BCUT2D eigenvalue weighted by atomic mass is 9.79. The maximum Gasteiger partial charge on any atom is 0.115 e. The Kier molecular flexibility index (Phi) is 16.2. The van der Waals surface area contributed by atoms with E-state index in [9.17, 15) is 4.39 Å².